The molecule has 0 bridgehead atoms. The Balaban J connectivity index is 0.000000237. The molecule has 0 saturated heterocycles. The molecule has 3 nitrogen and oxygen atoms in total. The van der Waals surface area contributed by atoms with Crippen LogP contribution in [0, 0.1) is 13.8 Å². The first-order valence-electron chi connectivity index (χ1n) is 11.6. The second-order valence-corrected chi connectivity index (χ2v) is 7.76. The van der Waals surface area contributed by atoms with E-state index in [2.05, 4.69) is 99.9 Å². The number of benzene rings is 2. The number of nitrogens with zero attached hydrogens (tertiary/aromatic N) is 2. The lowest BCUT2D eigenvalue weighted by atomic mass is 10.2. The number of anilines is 2. The molecule has 3 rings (SSSR count). The Morgan fingerprint density at radius 1 is 0.600 bits per heavy atom. The lowest BCUT2D eigenvalue weighted by Crippen LogP contribution is -2.21. The average molecular weight is 411 g/mol. The Hall–Kier alpha value is -2.29. The molecule has 0 amide bonds. The third-order valence-corrected chi connectivity index (χ3v) is 5.49. The normalized spacial score (nSPS) is 12.4. The van der Waals surface area contributed by atoms with E-state index in [1.807, 2.05) is 0 Å². The molecular weight excluding hydrogens is 368 g/mol. The first-order chi connectivity index (χ1) is 14.4. The topological polar surface area (TPSA) is 23.6 Å². The lowest BCUT2D eigenvalue weighted by Gasteiger charge is -2.20. The average Bonchev–Trinajstić information content (AvgIpc) is 3.24. The van der Waals surface area contributed by atoms with Gasteiger partial charge in [0.25, 0.3) is 0 Å². The van der Waals surface area contributed by atoms with Crippen LogP contribution < -0.4 is 9.80 Å². The van der Waals surface area contributed by atoms with Gasteiger partial charge < -0.3 is 9.80 Å². The van der Waals surface area contributed by atoms with Crippen molar-refractivity contribution in [1.29, 1.82) is 0 Å². The number of carbonyl (C=O) groups excluding carboxylic acids is 1. The fourth-order valence-electron chi connectivity index (χ4n) is 3.46. The molecule has 30 heavy (non-hydrogen) atoms. The van der Waals surface area contributed by atoms with Crippen LogP contribution in [0.5, 0.6) is 0 Å². The predicted molar refractivity (Wildman–Crippen MR) is 133 cm³/mol. The van der Waals surface area contributed by atoms with Crippen LogP contribution in [0.25, 0.3) is 0 Å². The summed E-state index contributed by atoms with van der Waals surface area (Å²) in [5.74, 6) is 0.454. The number of rotatable bonds is 6. The molecule has 2 aromatic carbocycles. The number of hydrogen-bond acceptors (Lipinski definition) is 3. The third-order valence-electron chi connectivity index (χ3n) is 5.49. The van der Waals surface area contributed by atoms with Crippen LogP contribution in [0.15, 0.2) is 48.5 Å². The maximum atomic E-state index is 10.2. The summed E-state index contributed by atoms with van der Waals surface area (Å²) in [7, 11) is 0. The van der Waals surface area contributed by atoms with Gasteiger partial charge in [0.15, 0.2) is 0 Å². The van der Waals surface area contributed by atoms with E-state index in [-0.39, 0.29) is 0 Å². The summed E-state index contributed by atoms with van der Waals surface area (Å²) in [5, 5.41) is 0. The van der Waals surface area contributed by atoms with Gasteiger partial charge in [-0.15, -0.1) is 0 Å². The molecule has 0 aliphatic heterocycles. The van der Waals surface area contributed by atoms with E-state index in [1.54, 1.807) is 0 Å². The van der Waals surface area contributed by atoms with E-state index < -0.39 is 0 Å². The van der Waals surface area contributed by atoms with Crippen molar-refractivity contribution < 1.29 is 4.79 Å². The monoisotopic (exact) mass is 410 g/mol. The number of carbonyl (C=O) groups is 1. The van der Waals surface area contributed by atoms with Crippen LogP contribution in [-0.2, 0) is 4.79 Å². The number of Topliss-reactive ketones (excluding diaryl/α,β-unsaturated/α-hetero) is 1. The van der Waals surface area contributed by atoms with Gasteiger partial charge in [-0.05, 0) is 78.6 Å². The van der Waals surface area contributed by atoms with E-state index >= 15 is 0 Å². The largest absolute Gasteiger partial charge is 0.372 e. The summed E-state index contributed by atoms with van der Waals surface area (Å²) in [6, 6.07) is 17.4. The number of aryl methyl sites for hydroxylation is 2. The van der Waals surface area contributed by atoms with Gasteiger partial charge in [0.05, 0.1) is 0 Å². The van der Waals surface area contributed by atoms with Crippen molar-refractivity contribution >= 4 is 17.2 Å². The van der Waals surface area contributed by atoms with Crippen molar-refractivity contribution in [3.05, 3.63) is 59.7 Å². The molecule has 2 aromatic rings. The van der Waals surface area contributed by atoms with Crippen LogP contribution >= 0.6 is 0 Å². The van der Waals surface area contributed by atoms with Gasteiger partial charge >= 0.3 is 0 Å². The van der Waals surface area contributed by atoms with Crippen LogP contribution in [0.1, 0.15) is 64.5 Å². The minimum absolute atomic E-state index is 0.454. The van der Waals surface area contributed by atoms with Crippen molar-refractivity contribution in [1.82, 2.24) is 0 Å². The van der Waals surface area contributed by atoms with E-state index in [1.165, 1.54) is 22.5 Å². The standard InChI is InChI=1S/2C11H17N.C5H8O/c2*1-4-12(5-2)11-8-6-10(3)7-9-11;6-5-3-1-2-4-5/h2*6-9H,4-5H2,1-3H3;1-4H2. The molecule has 3 heteroatoms. The van der Waals surface area contributed by atoms with E-state index in [0.29, 0.717) is 5.78 Å². The fourth-order valence-corrected chi connectivity index (χ4v) is 3.46. The molecule has 0 spiro atoms. The molecule has 0 atom stereocenters. The molecule has 1 aliphatic carbocycles. The molecule has 1 saturated carbocycles. The molecule has 0 heterocycles. The fraction of sp³-hybridized carbons (Fsp3) is 0.519. The molecule has 0 aromatic heterocycles. The summed E-state index contributed by atoms with van der Waals surface area (Å²) >= 11 is 0. The van der Waals surface area contributed by atoms with E-state index in [0.717, 1.165) is 51.9 Å². The maximum Gasteiger partial charge on any atom is 0.132 e. The smallest absolute Gasteiger partial charge is 0.132 e. The minimum atomic E-state index is 0.454. The van der Waals surface area contributed by atoms with Crippen molar-refractivity contribution in [3.63, 3.8) is 0 Å². The molecule has 1 aliphatic rings. The SMILES string of the molecule is CCN(CC)c1ccc(C)cc1.CCN(CC)c1ccc(C)cc1.O=C1CCCC1. The highest BCUT2D eigenvalue weighted by Crippen LogP contribution is 2.15. The summed E-state index contributed by atoms with van der Waals surface area (Å²) in [6.45, 7) is 17.3. The summed E-state index contributed by atoms with van der Waals surface area (Å²) in [6.07, 6.45) is 3.97. The van der Waals surface area contributed by atoms with Crippen molar-refractivity contribution in [2.75, 3.05) is 36.0 Å². The Morgan fingerprint density at radius 2 is 0.900 bits per heavy atom. The van der Waals surface area contributed by atoms with Gasteiger partial charge in [0, 0.05) is 50.4 Å². The van der Waals surface area contributed by atoms with E-state index in [4.69, 9.17) is 0 Å². The second kappa shape index (κ2) is 14.7. The minimum Gasteiger partial charge on any atom is -0.372 e. The van der Waals surface area contributed by atoms with Gasteiger partial charge in [-0.3, -0.25) is 4.79 Å². The zero-order chi connectivity index (χ0) is 22.4. The molecule has 166 valence electrons. The highest BCUT2D eigenvalue weighted by molar-refractivity contribution is 5.80. The van der Waals surface area contributed by atoms with Crippen LogP contribution in [-0.4, -0.2) is 32.0 Å². The zero-order valence-corrected chi connectivity index (χ0v) is 20.1. The molecule has 0 N–H and O–H groups in total. The summed E-state index contributed by atoms with van der Waals surface area (Å²) in [4.78, 5) is 14.9. The van der Waals surface area contributed by atoms with Crippen molar-refractivity contribution in [2.45, 2.75) is 67.2 Å². The zero-order valence-electron chi connectivity index (χ0n) is 20.1. The summed E-state index contributed by atoms with van der Waals surface area (Å²) < 4.78 is 0. The Morgan fingerprint density at radius 3 is 1.10 bits per heavy atom. The molecule has 0 unspecified atom stereocenters. The van der Waals surface area contributed by atoms with Crippen LogP contribution in [0.2, 0.25) is 0 Å². The first kappa shape index (κ1) is 25.7. The molecule has 1 fully saturated rings. The van der Waals surface area contributed by atoms with Crippen LogP contribution in [0.3, 0.4) is 0 Å². The van der Waals surface area contributed by atoms with Gasteiger partial charge in [-0.2, -0.15) is 0 Å². The highest BCUT2D eigenvalue weighted by atomic mass is 16.1. The van der Waals surface area contributed by atoms with Gasteiger partial charge in [-0.1, -0.05) is 35.4 Å². The van der Waals surface area contributed by atoms with Gasteiger partial charge in [0.1, 0.15) is 5.78 Å². The second-order valence-electron chi connectivity index (χ2n) is 7.76. The van der Waals surface area contributed by atoms with Crippen molar-refractivity contribution in [3.8, 4) is 0 Å². The lowest BCUT2D eigenvalue weighted by molar-refractivity contribution is -0.117. The van der Waals surface area contributed by atoms with Crippen LogP contribution in [0.4, 0.5) is 11.4 Å². The molecule has 0 radical (unpaired) electrons. The van der Waals surface area contributed by atoms with E-state index in [9.17, 15) is 4.79 Å². The highest BCUT2D eigenvalue weighted by Gasteiger charge is 2.07. The van der Waals surface area contributed by atoms with Gasteiger partial charge in [-0.25, -0.2) is 0 Å². The Bertz CT molecular complexity index is 637. The van der Waals surface area contributed by atoms with Crippen molar-refractivity contribution in [2.24, 2.45) is 0 Å². The molecular formula is C27H42N2O. The predicted octanol–water partition coefficient (Wildman–Crippen LogP) is 6.81. The number of ketones is 1. The Kier molecular flexibility index (Phi) is 12.6. The quantitative estimate of drug-likeness (QED) is 0.522. The maximum absolute atomic E-state index is 10.2. The number of hydrogen-bond donors (Lipinski definition) is 0. The first-order valence-corrected chi connectivity index (χ1v) is 11.6. The summed E-state index contributed by atoms with van der Waals surface area (Å²) in [5.41, 5.74) is 5.30. The third kappa shape index (κ3) is 9.47. The Labute approximate surface area is 185 Å². The van der Waals surface area contributed by atoms with Gasteiger partial charge in [0.2, 0.25) is 0 Å².